The maximum atomic E-state index is 13.3. The highest BCUT2D eigenvalue weighted by Gasteiger charge is 2.69. The molecule has 0 spiro atoms. The molecule has 0 aromatic rings. The summed E-state index contributed by atoms with van der Waals surface area (Å²) < 4.78 is 106. The third-order valence-electron chi connectivity index (χ3n) is 2.52. The van der Waals surface area contributed by atoms with Crippen LogP contribution in [0.1, 0.15) is 13.3 Å². The van der Waals surface area contributed by atoms with E-state index in [1.165, 1.54) is 6.92 Å². The Kier molecular flexibility index (Phi) is 7.25. The van der Waals surface area contributed by atoms with Gasteiger partial charge in [-0.1, -0.05) is 6.92 Å². The first-order valence-electron chi connectivity index (χ1n) is 5.54. The van der Waals surface area contributed by atoms with E-state index in [1.807, 2.05) is 0 Å². The summed E-state index contributed by atoms with van der Waals surface area (Å²) >= 11 is 11.2. The standard InChI is InChI=1S/C9H12Cl2F8OSi/c1-3-4(21(2,10)11)20-7(15)9(18,19)8(16,17)5(12)6(13)14/h4-7H,3H2,1-2H3. The van der Waals surface area contributed by atoms with Crippen LogP contribution in [0.2, 0.25) is 6.55 Å². The molecule has 0 N–H and O–H groups in total. The van der Waals surface area contributed by atoms with E-state index in [0.29, 0.717) is 0 Å². The predicted molar refractivity (Wildman–Crippen MR) is 64.2 cm³/mol. The highest BCUT2D eigenvalue weighted by Crippen LogP contribution is 2.45. The third kappa shape index (κ3) is 4.83. The van der Waals surface area contributed by atoms with Gasteiger partial charge in [-0.25, -0.2) is 17.6 Å². The Morgan fingerprint density at radius 2 is 1.43 bits per heavy atom. The van der Waals surface area contributed by atoms with Crippen molar-refractivity contribution in [2.45, 2.75) is 56.4 Å². The lowest BCUT2D eigenvalue weighted by Gasteiger charge is -2.33. The molecule has 128 valence electrons. The van der Waals surface area contributed by atoms with E-state index >= 15 is 0 Å². The molecule has 21 heavy (non-hydrogen) atoms. The van der Waals surface area contributed by atoms with E-state index in [2.05, 4.69) is 4.74 Å². The molecule has 0 amide bonds. The number of alkyl halides is 8. The zero-order valence-electron chi connectivity index (χ0n) is 10.7. The van der Waals surface area contributed by atoms with Gasteiger partial charge in [-0.3, -0.25) is 0 Å². The van der Waals surface area contributed by atoms with Gasteiger partial charge in [0.05, 0.1) is 5.73 Å². The normalized spacial score (nSPS) is 18.7. The van der Waals surface area contributed by atoms with E-state index in [0.717, 1.165) is 6.55 Å². The minimum Gasteiger partial charge on any atom is -0.341 e. The predicted octanol–water partition coefficient (Wildman–Crippen LogP) is 5.04. The molecule has 0 aliphatic heterocycles. The van der Waals surface area contributed by atoms with Gasteiger partial charge in [0, 0.05) is 0 Å². The Morgan fingerprint density at radius 3 is 1.71 bits per heavy atom. The molecule has 1 nitrogen and oxygen atoms in total. The summed E-state index contributed by atoms with van der Waals surface area (Å²) in [6.07, 6.45) is -13.2. The number of rotatable bonds is 8. The maximum Gasteiger partial charge on any atom is 0.367 e. The average Bonchev–Trinajstić information content (AvgIpc) is 2.32. The van der Waals surface area contributed by atoms with Gasteiger partial charge in [0.1, 0.15) is 0 Å². The van der Waals surface area contributed by atoms with Crippen molar-refractivity contribution >= 4 is 28.9 Å². The van der Waals surface area contributed by atoms with Gasteiger partial charge >= 0.3 is 11.8 Å². The summed E-state index contributed by atoms with van der Waals surface area (Å²) in [6, 6.07) is 0. The van der Waals surface area contributed by atoms with Gasteiger partial charge < -0.3 is 4.74 Å². The summed E-state index contributed by atoms with van der Waals surface area (Å²) in [5.41, 5.74) is -1.51. The highest BCUT2D eigenvalue weighted by atomic mass is 35.7. The smallest absolute Gasteiger partial charge is 0.341 e. The van der Waals surface area contributed by atoms with Crippen LogP contribution in [-0.4, -0.2) is 43.2 Å². The lowest BCUT2D eigenvalue weighted by Crippen LogP contribution is -2.57. The van der Waals surface area contributed by atoms with Crippen LogP contribution in [0.5, 0.6) is 0 Å². The zero-order chi connectivity index (χ0) is 17.2. The molecule has 0 rings (SSSR count). The summed E-state index contributed by atoms with van der Waals surface area (Å²) in [5, 5.41) is 0. The van der Waals surface area contributed by atoms with Crippen LogP contribution in [-0.2, 0) is 4.74 Å². The Morgan fingerprint density at radius 1 is 1.00 bits per heavy atom. The highest BCUT2D eigenvalue weighted by molar-refractivity contribution is 7.45. The van der Waals surface area contributed by atoms with Crippen molar-refractivity contribution in [2.24, 2.45) is 0 Å². The number of hydrogen-bond donors (Lipinski definition) is 0. The average molecular weight is 387 g/mol. The monoisotopic (exact) mass is 386 g/mol. The molecule has 0 saturated heterocycles. The van der Waals surface area contributed by atoms with E-state index in [9.17, 15) is 35.1 Å². The molecule has 12 heteroatoms. The molecule has 0 heterocycles. The fourth-order valence-corrected chi connectivity index (χ4v) is 3.61. The van der Waals surface area contributed by atoms with Crippen LogP contribution in [0.15, 0.2) is 0 Å². The summed E-state index contributed by atoms with van der Waals surface area (Å²) in [7, 11) is 0. The number of halogens is 10. The van der Waals surface area contributed by atoms with Crippen molar-refractivity contribution < 1.29 is 39.9 Å². The van der Waals surface area contributed by atoms with Crippen LogP contribution < -0.4 is 0 Å². The van der Waals surface area contributed by atoms with Crippen LogP contribution in [0.25, 0.3) is 0 Å². The number of ether oxygens (including phenoxy) is 1. The molecule has 0 bridgehead atoms. The van der Waals surface area contributed by atoms with E-state index < -0.39 is 43.2 Å². The lowest BCUT2D eigenvalue weighted by atomic mass is 10.1. The largest absolute Gasteiger partial charge is 0.367 e. The maximum absolute atomic E-state index is 13.3. The number of hydrogen-bond acceptors (Lipinski definition) is 1. The second-order valence-corrected chi connectivity index (χ2v) is 12.1. The van der Waals surface area contributed by atoms with Crippen LogP contribution in [0.4, 0.5) is 35.1 Å². The van der Waals surface area contributed by atoms with Crippen molar-refractivity contribution in [2.75, 3.05) is 0 Å². The Labute approximate surface area is 125 Å². The van der Waals surface area contributed by atoms with Crippen molar-refractivity contribution in [1.29, 1.82) is 0 Å². The van der Waals surface area contributed by atoms with Gasteiger partial charge in [-0.2, -0.15) is 17.6 Å². The van der Waals surface area contributed by atoms with Gasteiger partial charge in [0.2, 0.25) is 6.17 Å². The molecule has 3 atom stereocenters. The second-order valence-electron chi connectivity index (χ2n) is 4.29. The quantitative estimate of drug-likeness (QED) is 0.322. The minimum atomic E-state index is -5.96. The van der Waals surface area contributed by atoms with E-state index in [-0.39, 0.29) is 6.42 Å². The van der Waals surface area contributed by atoms with Crippen LogP contribution >= 0.6 is 22.2 Å². The summed E-state index contributed by atoms with van der Waals surface area (Å²) in [4.78, 5) is 0. The third-order valence-corrected chi connectivity index (χ3v) is 5.65. The summed E-state index contributed by atoms with van der Waals surface area (Å²) in [5.74, 6) is -11.8. The van der Waals surface area contributed by atoms with Gasteiger partial charge in [-0.15, -0.1) is 22.2 Å². The van der Waals surface area contributed by atoms with Crippen molar-refractivity contribution in [3.8, 4) is 0 Å². The molecule has 0 radical (unpaired) electrons. The van der Waals surface area contributed by atoms with Gasteiger partial charge in [0.15, 0.2) is 0 Å². The minimum absolute atomic E-state index is 0.189. The van der Waals surface area contributed by atoms with Crippen molar-refractivity contribution in [3.05, 3.63) is 0 Å². The molecule has 0 fully saturated rings. The molecule has 0 aliphatic rings. The van der Waals surface area contributed by atoms with E-state index in [4.69, 9.17) is 22.2 Å². The Hall–Kier alpha value is 0.197. The van der Waals surface area contributed by atoms with Crippen molar-refractivity contribution in [3.63, 3.8) is 0 Å². The van der Waals surface area contributed by atoms with E-state index in [1.54, 1.807) is 0 Å². The fourth-order valence-electron chi connectivity index (χ4n) is 1.30. The molecule has 0 aliphatic carbocycles. The molecule has 0 aromatic heterocycles. The van der Waals surface area contributed by atoms with Crippen LogP contribution in [0.3, 0.4) is 0 Å². The SMILES string of the molecule is CCC(OC(F)C(F)(F)C(F)(F)C(F)C(F)F)[Si](C)(Cl)Cl. The molecule has 0 aromatic carbocycles. The van der Waals surface area contributed by atoms with Crippen molar-refractivity contribution in [1.82, 2.24) is 0 Å². The zero-order valence-corrected chi connectivity index (χ0v) is 13.2. The second kappa shape index (κ2) is 7.18. The molecular formula is C9H12Cl2F8OSi. The van der Waals surface area contributed by atoms with Crippen LogP contribution in [0, 0.1) is 0 Å². The summed E-state index contributed by atoms with van der Waals surface area (Å²) in [6.45, 7) is -0.911. The molecule has 0 saturated carbocycles. The topological polar surface area (TPSA) is 9.23 Å². The molecule has 3 unspecified atom stereocenters. The molecular weight excluding hydrogens is 375 g/mol. The Bertz CT molecular complexity index is 338. The lowest BCUT2D eigenvalue weighted by molar-refractivity contribution is -0.322. The Balaban J connectivity index is 5.22. The van der Waals surface area contributed by atoms with Gasteiger partial charge in [-0.05, 0) is 13.0 Å². The first-order valence-corrected chi connectivity index (χ1v) is 10.1. The first-order chi connectivity index (χ1) is 9.19. The fraction of sp³-hybridized carbons (Fsp3) is 1.00. The first kappa shape index (κ1) is 21.2. The van der Waals surface area contributed by atoms with Gasteiger partial charge in [0.25, 0.3) is 19.5 Å².